The van der Waals surface area contributed by atoms with Gasteiger partial charge in [0, 0.05) is 56.8 Å². The average molecular weight is 715 g/mol. The summed E-state index contributed by atoms with van der Waals surface area (Å²) in [6, 6.07) is 41.7. The van der Waals surface area contributed by atoms with E-state index in [0.29, 0.717) is 0 Å². The number of aryl methyl sites for hydroxylation is 4. The summed E-state index contributed by atoms with van der Waals surface area (Å²) in [6.07, 6.45) is 13.8. The molecule has 268 valence electrons. The third-order valence-corrected chi connectivity index (χ3v) is 14.0. The fourth-order valence-electron chi connectivity index (χ4n) is 9.80. The van der Waals surface area contributed by atoms with Gasteiger partial charge in [-0.2, -0.15) is 4.57 Å². The van der Waals surface area contributed by atoms with Gasteiger partial charge in [0.05, 0.1) is 16.5 Å². The number of fused-ring (bicyclic) bond motifs is 6. The zero-order valence-corrected chi connectivity index (χ0v) is 33.3. The molecule has 2 atom stereocenters. The molecule has 4 aromatic carbocycles. The molecule has 0 spiro atoms. The van der Waals surface area contributed by atoms with Crippen molar-refractivity contribution < 1.29 is 9.13 Å². The molecule has 3 aromatic heterocycles. The minimum atomic E-state index is -0.134. The predicted molar refractivity (Wildman–Crippen MR) is 226 cm³/mol. The van der Waals surface area contributed by atoms with Crippen LogP contribution in [0.1, 0.15) is 88.5 Å². The topological polar surface area (TPSA) is 7.76 Å². The minimum absolute atomic E-state index is 0.0773. The lowest BCUT2D eigenvalue weighted by atomic mass is 9.57. The number of benzene rings is 4. The zero-order chi connectivity index (χ0) is 36.7. The SMILES string of the molecule is CCCCCc1cc2[n+](cc1-c1ccccc1)C(C)(CC)C(CC)(CCc1cc3c(cc1-c1ccc(C)c[n+]1C)sc1ccccc13)c1ccccc1-2. The van der Waals surface area contributed by atoms with Crippen molar-refractivity contribution in [3.05, 3.63) is 144 Å². The largest absolute Gasteiger partial charge is 0.213 e. The summed E-state index contributed by atoms with van der Waals surface area (Å²) < 4.78 is 7.77. The second-order valence-corrected chi connectivity index (χ2v) is 16.8. The summed E-state index contributed by atoms with van der Waals surface area (Å²) in [5.74, 6) is 0. The van der Waals surface area contributed by atoms with E-state index in [2.05, 4.69) is 172 Å². The molecule has 0 radical (unpaired) electrons. The van der Waals surface area contributed by atoms with Gasteiger partial charge in [-0.15, -0.1) is 11.3 Å². The number of thiophene rings is 1. The first-order valence-corrected chi connectivity index (χ1v) is 20.8. The summed E-state index contributed by atoms with van der Waals surface area (Å²) in [6.45, 7) is 11.9. The number of hydrogen-bond acceptors (Lipinski definition) is 1. The van der Waals surface area contributed by atoms with Gasteiger partial charge in [-0.25, -0.2) is 4.57 Å². The van der Waals surface area contributed by atoms with E-state index in [1.54, 1.807) is 0 Å². The highest BCUT2D eigenvalue weighted by molar-refractivity contribution is 7.25. The quantitative estimate of drug-likeness (QED) is 0.0931. The van der Waals surface area contributed by atoms with Gasteiger partial charge in [-0.3, -0.25) is 0 Å². The Morgan fingerprint density at radius 3 is 2.15 bits per heavy atom. The lowest BCUT2D eigenvalue weighted by Crippen LogP contribution is -2.68. The minimum Gasteiger partial charge on any atom is -0.201 e. The third-order valence-electron chi connectivity index (χ3n) is 12.9. The normalized spacial score (nSPS) is 18.0. The van der Waals surface area contributed by atoms with E-state index in [1.165, 1.54) is 95.3 Å². The Hall–Kier alpha value is -4.60. The third kappa shape index (κ3) is 5.93. The van der Waals surface area contributed by atoms with Gasteiger partial charge in [-0.1, -0.05) is 100 Å². The van der Waals surface area contributed by atoms with Crippen LogP contribution in [0, 0.1) is 6.92 Å². The molecular weight excluding hydrogens is 661 g/mol. The summed E-state index contributed by atoms with van der Waals surface area (Å²) in [5.41, 5.74) is 13.6. The Morgan fingerprint density at radius 2 is 1.38 bits per heavy atom. The smallest absolute Gasteiger partial charge is 0.201 e. The van der Waals surface area contributed by atoms with Crippen LogP contribution in [-0.2, 0) is 30.8 Å². The highest BCUT2D eigenvalue weighted by Crippen LogP contribution is 2.53. The molecule has 0 saturated heterocycles. The van der Waals surface area contributed by atoms with Crippen molar-refractivity contribution in [1.29, 1.82) is 0 Å². The molecule has 1 aliphatic heterocycles. The lowest BCUT2D eigenvalue weighted by Gasteiger charge is -2.48. The van der Waals surface area contributed by atoms with E-state index in [9.17, 15) is 0 Å². The highest BCUT2D eigenvalue weighted by atomic mass is 32.1. The van der Waals surface area contributed by atoms with Crippen molar-refractivity contribution in [2.24, 2.45) is 7.05 Å². The average Bonchev–Trinajstić information content (AvgIpc) is 3.55. The number of pyridine rings is 2. The maximum atomic E-state index is 2.72. The van der Waals surface area contributed by atoms with Crippen LogP contribution in [0.4, 0.5) is 0 Å². The van der Waals surface area contributed by atoms with Crippen molar-refractivity contribution in [2.45, 2.75) is 96.9 Å². The second kappa shape index (κ2) is 14.3. The molecule has 2 unspecified atom stereocenters. The van der Waals surface area contributed by atoms with E-state index < -0.39 is 0 Å². The van der Waals surface area contributed by atoms with Crippen molar-refractivity contribution in [2.75, 3.05) is 0 Å². The van der Waals surface area contributed by atoms with Crippen LogP contribution in [-0.4, -0.2) is 0 Å². The van der Waals surface area contributed by atoms with Crippen LogP contribution in [0.2, 0.25) is 0 Å². The van der Waals surface area contributed by atoms with Crippen molar-refractivity contribution >= 4 is 31.5 Å². The highest BCUT2D eigenvalue weighted by Gasteiger charge is 2.58. The number of nitrogens with zero attached hydrogens (tertiary/aromatic N) is 2. The molecule has 0 saturated carbocycles. The lowest BCUT2D eigenvalue weighted by molar-refractivity contribution is -0.765. The van der Waals surface area contributed by atoms with E-state index in [0.717, 1.165) is 32.1 Å². The molecular formula is C50H54N2S+2. The first kappa shape index (κ1) is 35.4. The van der Waals surface area contributed by atoms with E-state index in [1.807, 2.05) is 11.3 Å². The zero-order valence-electron chi connectivity index (χ0n) is 32.5. The van der Waals surface area contributed by atoms with Gasteiger partial charge >= 0.3 is 0 Å². The van der Waals surface area contributed by atoms with Gasteiger partial charge in [0.2, 0.25) is 11.4 Å². The number of hydrogen-bond donors (Lipinski definition) is 0. The van der Waals surface area contributed by atoms with Crippen LogP contribution in [0.25, 0.3) is 53.8 Å². The van der Waals surface area contributed by atoms with Gasteiger partial charge in [0.25, 0.3) is 0 Å². The van der Waals surface area contributed by atoms with Crippen LogP contribution >= 0.6 is 11.3 Å². The van der Waals surface area contributed by atoms with Crippen molar-refractivity contribution in [1.82, 2.24) is 0 Å². The Kier molecular flexibility index (Phi) is 9.58. The van der Waals surface area contributed by atoms with E-state index in [4.69, 9.17) is 0 Å². The summed E-state index contributed by atoms with van der Waals surface area (Å²) in [5, 5.41) is 2.75. The summed E-state index contributed by atoms with van der Waals surface area (Å²) >= 11 is 1.92. The number of aromatic nitrogens is 2. The summed E-state index contributed by atoms with van der Waals surface area (Å²) in [7, 11) is 2.20. The fourth-order valence-corrected chi connectivity index (χ4v) is 10.9. The number of unbranched alkanes of at least 4 members (excludes halogenated alkanes) is 2. The molecule has 1 aliphatic rings. The fraction of sp³-hybridized carbons (Fsp3) is 0.320. The van der Waals surface area contributed by atoms with Crippen LogP contribution in [0.3, 0.4) is 0 Å². The molecule has 53 heavy (non-hydrogen) atoms. The van der Waals surface area contributed by atoms with Crippen LogP contribution in [0.5, 0.6) is 0 Å². The molecule has 0 N–H and O–H groups in total. The maximum Gasteiger partial charge on any atom is 0.213 e. The summed E-state index contributed by atoms with van der Waals surface area (Å²) in [4.78, 5) is 0. The molecule has 8 rings (SSSR count). The van der Waals surface area contributed by atoms with E-state index in [-0.39, 0.29) is 11.0 Å². The Balaban J connectivity index is 1.31. The standard InChI is InChI=1S/C50H54N2S/c1-7-10-12-21-37-31-46-40-23-15-17-24-44(40)50(9-3,49(5,8-2)52(46)34-43(37)36-19-13-11-14-20-36)29-28-38-30-42-39-22-16-18-25-47(39)53-48(42)32-41(38)45-27-26-35(4)33-51(45)6/h11,13-20,22-27,30-34H,7-10,12,21,28-29H2,1-6H3/q+2. The van der Waals surface area contributed by atoms with E-state index >= 15 is 0 Å². The van der Waals surface area contributed by atoms with Crippen LogP contribution in [0.15, 0.2) is 122 Å². The monoisotopic (exact) mass is 714 g/mol. The second-order valence-electron chi connectivity index (χ2n) is 15.7. The molecule has 7 aromatic rings. The van der Waals surface area contributed by atoms with Crippen LogP contribution < -0.4 is 9.13 Å². The Bertz CT molecular complexity index is 2440. The predicted octanol–water partition coefficient (Wildman–Crippen LogP) is 12.6. The van der Waals surface area contributed by atoms with Gasteiger partial charge in [-0.05, 0) is 91.6 Å². The molecule has 3 heteroatoms. The van der Waals surface area contributed by atoms with Gasteiger partial charge in [0.15, 0.2) is 17.9 Å². The molecule has 4 heterocycles. The Morgan fingerprint density at radius 1 is 0.623 bits per heavy atom. The first-order valence-electron chi connectivity index (χ1n) is 20.0. The van der Waals surface area contributed by atoms with Gasteiger partial charge in [0.1, 0.15) is 7.05 Å². The van der Waals surface area contributed by atoms with Crippen molar-refractivity contribution in [3.8, 4) is 33.6 Å². The molecule has 2 nitrogen and oxygen atoms in total. The van der Waals surface area contributed by atoms with Gasteiger partial charge < -0.3 is 0 Å². The molecule has 0 fully saturated rings. The maximum absolute atomic E-state index is 2.72. The first-order chi connectivity index (χ1) is 25.8. The number of rotatable bonds is 11. The molecule has 0 amide bonds. The molecule has 0 aliphatic carbocycles. The molecule has 0 bridgehead atoms. The Labute approximate surface area is 320 Å². The van der Waals surface area contributed by atoms with Crippen molar-refractivity contribution in [3.63, 3.8) is 0 Å².